The number of carbonyl (C=O) groups is 1. The van der Waals surface area contributed by atoms with E-state index >= 15 is 0 Å². The number of aromatic nitrogens is 2. The molecular formula is C17H21N3O4. The van der Waals surface area contributed by atoms with Crippen LogP contribution in [0.25, 0.3) is 0 Å². The molecule has 0 aliphatic carbocycles. The van der Waals surface area contributed by atoms with Gasteiger partial charge in [-0.1, -0.05) is 5.16 Å². The molecule has 2 aromatic rings. The molecule has 0 unspecified atom stereocenters. The summed E-state index contributed by atoms with van der Waals surface area (Å²) >= 11 is 0. The van der Waals surface area contributed by atoms with Crippen LogP contribution in [0.2, 0.25) is 0 Å². The van der Waals surface area contributed by atoms with Crippen LogP contribution in [-0.2, 0) is 11.2 Å². The summed E-state index contributed by atoms with van der Waals surface area (Å²) in [6.45, 7) is 0.595. The van der Waals surface area contributed by atoms with Crippen molar-refractivity contribution in [1.82, 2.24) is 9.97 Å². The number of hydrogen-bond acceptors (Lipinski definition) is 5. The highest BCUT2D eigenvalue weighted by atomic mass is 16.5. The van der Waals surface area contributed by atoms with E-state index in [0.717, 1.165) is 29.8 Å². The van der Waals surface area contributed by atoms with E-state index in [0.29, 0.717) is 25.2 Å². The van der Waals surface area contributed by atoms with E-state index in [2.05, 4.69) is 15.1 Å². The van der Waals surface area contributed by atoms with Crippen LogP contribution in [0.5, 0.6) is 5.75 Å². The first-order valence-corrected chi connectivity index (χ1v) is 7.82. The molecule has 1 heterocycles. The Morgan fingerprint density at radius 2 is 2.00 bits per heavy atom. The van der Waals surface area contributed by atoms with E-state index in [1.807, 2.05) is 12.1 Å². The van der Waals surface area contributed by atoms with Gasteiger partial charge < -0.3 is 20.0 Å². The number of aryl methyl sites for hydroxylation is 1. The average Bonchev–Trinajstić information content (AvgIpc) is 3.10. The van der Waals surface area contributed by atoms with Gasteiger partial charge in [0.05, 0.1) is 18.6 Å². The normalized spacial score (nSPS) is 11.4. The zero-order chi connectivity index (χ0) is 17.2. The zero-order valence-corrected chi connectivity index (χ0v) is 13.3. The monoisotopic (exact) mass is 331 g/mol. The summed E-state index contributed by atoms with van der Waals surface area (Å²) < 4.78 is 5.67. The number of aliphatic carboxylic acids is 1. The summed E-state index contributed by atoms with van der Waals surface area (Å²) in [6.07, 6.45) is 6.11. The van der Waals surface area contributed by atoms with Gasteiger partial charge >= 0.3 is 5.97 Å². The van der Waals surface area contributed by atoms with Gasteiger partial charge in [-0.15, -0.1) is 0 Å². The summed E-state index contributed by atoms with van der Waals surface area (Å²) in [5, 5.41) is 21.0. The van der Waals surface area contributed by atoms with Crippen LogP contribution < -0.4 is 4.74 Å². The Bertz CT molecular complexity index is 651. The molecule has 0 bridgehead atoms. The van der Waals surface area contributed by atoms with Gasteiger partial charge in [-0.2, -0.15) is 0 Å². The molecule has 7 nitrogen and oxygen atoms in total. The van der Waals surface area contributed by atoms with Gasteiger partial charge in [-0.3, -0.25) is 4.79 Å². The minimum Gasteiger partial charge on any atom is -0.494 e. The summed E-state index contributed by atoms with van der Waals surface area (Å²) in [6, 6.07) is 7.24. The minimum absolute atomic E-state index is 0.0521. The van der Waals surface area contributed by atoms with Crippen LogP contribution >= 0.6 is 0 Å². The molecule has 128 valence electrons. The summed E-state index contributed by atoms with van der Waals surface area (Å²) in [5.74, 6) is -0.114. The number of nitrogens with zero attached hydrogens (tertiary/aromatic N) is 2. The third kappa shape index (κ3) is 5.75. The van der Waals surface area contributed by atoms with Gasteiger partial charge in [-0.05, 0) is 55.5 Å². The number of oxime groups is 1. The van der Waals surface area contributed by atoms with Crippen LogP contribution in [0.1, 0.15) is 36.9 Å². The Morgan fingerprint density at radius 1 is 1.21 bits per heavy atom. The lowest BCUT2D eigenvalue weighted by Crippen LogP contribution is -2.04. The van der Waals surface area contributed by atoms with E-state index in [1.165, 1.54) is 0 Å². The number of hydrogen-bond donors (Lipinski definition) is 3. The van der Waals surface area contributed by atoms with Crippen molar-refractivity contribution in [2.75, 3.05) is 6.61 Å². The Kier molecular flexibility index (Phi) is 6.82. The summed E-state index contributed by atoms with van der Waals surface area (Å²) in [7, 11) is 0. The molecule has 1 aromatic heterocycles. The average molecular weight is 331 g/mol. The molecule has 7 heteroatoms. The maximum Gasteiger partial charge on any atom is 0.303 e. The van der Waals surface area contributed by atoms with E-state index in [1.54, 1.807) is 24.7 Å². The molecule has 0 spiro atoms. The van der Waals surface area contributed by atoms with Crippen molar-refractivity contribution < 1.29 is 19.8 Å². The number of aromatic amines is 1. The second-order valence-electron chi connectivity index (χ2n) is 5.35. The Balaban J connectivity index is 1.77. The Labute approximate surface area is 140 Å². The van der Waals surface area contributed by atoms with Gasteiger partial charge in [0, 0.05) is 18.3 Å². The third-order valence-electron chi connectivity index (χ3n) is 3.53. The van der Waals surface area contributed by atoms with Crippen LogP contribution in [0, 0.1) is 0 Å². The summed E-state index contributed by atoms with van der Waals surface area (Å²) in [4.78, 5) is 17.5. The number of carboxylic acid groups (broad SMARTS) is 1. The second-order valence-corrected chi connectivity index (χ2v) is 5.35. The number of imidazole rings is 1. The number of H-pyrrole nitrogens is 1. The molecule has 0 saturated heterocycles. The SMILES string of the molecule is O=C(O)CCC/C(=N\O)c1ccc(OCCCc2cnc[nH]2)cc1. The Hall–Kier alpha value is -2.83. The molecule has 24 heavy (non-hydrogen) atoms. The molecule has 0 amide bonds. The van der Waals surface area contributed by atoms with Gasteiger partial charge in [-0.25, -0.2) is 4.98 Å². The predicted octanol–water partition coefficient (Wildman–Crippen LogP) is 2.85. The second kappa shape index (κ2) is 9.34. The maximum atomic E-state index is 10.5. The van der Waals surface area contributed by atoms with Crippen molar-refractivity contribution in [2.45, 2.75) is 32.1 Å². The van der Waals surface area contributed by atoms with Crippen molar-refractivity contribution in [3.8, 4) is 5.75 Å². The van der Waals surface area contributed by atoms with E-state index in [-0.39, 0.29) is 6.42 Å². The predicted molar refractivity (Wildman–Crippen MR) is 88.7 cm³/mol. The fourth-order valence-corrected chi connectivity index (χ4v) is 2.28. The number of nitrogens with one attached hydrogen (secondary N) is 1. The van der Waals surface area contributed by atoms with Crippen molar-refractivity contribution in [3.63, 3.8) is 0 Å². The van der Waals surface area contributed by atoms with Crippen LogP contribution in [0.3, 0.4) is 0 Å². The maximum absolute atomic E-state index is 10.5. The highest BCUT2D eigenvalue weighted by Gasteiger charge is 2.07. The number of carboxylic acids is 1. The highest BCUT2D eigenvalue weighted by Crippen LogP contribution is 2.15. The molecule has 0 aliphatic heterocycles. The molecule has 3 N–H and O–H groups in total. The number of ether oxygens (including phenoxy) is 1. The molecular weight excluding hydrogens is 310 g/mol. The number of benzene rings is 1. The lowest BCUT2D eigenvalue weighted by molar-refractivity contribution is -0.137. The van der Waals surface area contributed by atoms with Crippen LogP contribution in [0.15, 0.2) is 41.9 Å². The Morgan fingerprint density at radius 3 is 2.62 bits per heavy atom. The van der Waals surface area contributed by atoms with Crippen molar-refractivity contribution >= 4 is 11.7 Å². The van der Waals surface area contributed by atoms with Gasteiger partial charge in [0.15, 0.2) is 0 Å². The molecule has 0 radical (unpaired) electrons. The molecule has 0 aliphatic rings. The highest BCUT2D eigenvalue weighted by molar-refractivity contribution is 6.00. The fourth-order valence-electron chi connectivity index (χ4n) is 2.28. The topological polar surface area (TPSA) is 108 Å². The quantitative estimate of drug-likeness (QED) is 0.268. The molecule has 2 rings (SSSR count). The van der Waals surface area contributed by atoms with Gasteiger partial charge in [0.1, 0.15) is 5.75 Å². The molecule has 1 aromatic carbocycles. The van der Waals surface area contributed by atoms with E-state index in [9.17, 15) is 4.79 Å². The van der Waals surface area contributed by atoms with E-state index in [4.69, 9.17) is 15.1 Å². The smallest absolute Gasteiger partial charge is 0.303 e. The van der Waals surface area contributed by atoms with Crippen molar-refractivity contribution in [3.05, 3.63) is 48.0 Å². The summed E-state index contributed by atoms with van der Waals surface area (Å²) in [5.41, 5.74) is 2.31. The first-order valence-electron chi connectivity index (χ1n) is 7.82. The van der Waals surface area contributed by atoms with Gasteiger partial charge in [0.2, 0.25) is 0 Å². The molecule has 0 atom stereocenters. The van der Waals surface area contributed by atoms with Crippen molar-refractivity contribution in [2.24, 2.45) is 5.16 Å². The van der Waals surface area contributed by atoms with Crippen LogP contribution in [-0.4, -0.2) is 38.6 Å². The lowest BCUT2D eigenvalue weighted by atomic mass is 10.0. The minimum atomic E-state index is -0.855. The van der Waals surface area contributed by atoms with Crippen molar-refractivity contribution in [1.29, 1.82) is 0 Å². The van der Waals surface area contributed by atoms with Gasteiger partial charge in [0.25, 0.3) is 0 Å². The molecule has 0 saturated carbocycles. The first-order chi connectivity index (χ1) is 11.7. The first kappa shape index (κ1) is 17.5. The third-order valence-corrected chi connectivity index (χ3v) is 3.53. The van der Waals surface area contributed by atoms with Crippen LogP contribution in [0.4, 0.5) is 0 Å². The standard InChI is InChI=1S/C17H21N3O4/c21-17(22)5-1-4-16(20-23)13-6-8-15(9-7-13)24-10-2-3-14-11-18-12-19-14/h6-9,11-12,23H,1-5,10H2,(H,18,19)(H,21,22)/b20-16+. The largest absolute Gasteiger partial charge is 0.494 e. The number of rotatable bonds is 10. The zero-order valence-electron chi connectivity index (χ0n) is 13.3. The fraction of sp³-hybridized carbons (Fsp3) is 0.353. The van der Waals surface area contributed by atoms with E-state index < -0.39 is 5.97 Å². The lowest BCUT2D eigenvalue weighted by Gasteiger charge is -2.08. The molecule has 0 fully saturated rings.